The number of aliphatic hydroxyl groups is 1. The fourth-order valence-electron chi connectivity index (χ4n) is 2.80. The highest BCUT2D eigenvalue weighted by Gasteiger charge is 2.34. The monoisotopic (exact) mass is 307 g/mol. The quantitative estimate of drug-likeness (QED) is 0.842. The van der Waals surface area contributed by atoms with Gasteiger partial charge < -0.3 is 10.0 Å². The van der Waals surface area contributed by atoms with Crippen molar-refractivity contribution in [3.63, 3.8) is 0 Å². The molecule has 5 heteroatoms. The van der Waals surface area contributed by atoms with Gasteiger partial charge in [-0.25, -0.2) is 0 Å². The first kappa shape index (κ1) is 17.0. The zero-order chi connectivity index (χ0) is 16.5. The Labute approximate surface area is 133 Å². The normalized spacial score (nSPS) is 15.4. The molecule has 0 unspecified atom stereocenters. The van der Waals surface area contributed by atoms with Crippen LogP contribution in [0.2, 0.25) is 0 Å². The fourth-order valence-corrected chi connectivity index (χ4v) is 2.80. The Morgan fingerprint density at radius 1 is 1.50 bits per heavy atom. The Balaban J connectivity index is 2.27. The Hall–Kier alpha value is -1.36. The Morgan fingerprint density at radius 2 is 2.14 bits per heavy atom. The SMILES string of the molecule is CCN(CC(C)(C)O)C(=O)c1cnn(CC(C)C)c1C1CC1. The zero-order valence-corrected chi connectivity index (χ0v) is 14.5. The summed E-state index contributed by atoms with van der Waals surface area (Å²) in [6.07, 6.45) is 3.99. The van der Waals surface area contributed by atoms with Gasteiger partial charge in [0, 0.05) is 25.6 Å². The number of carbonyl (C=O) groups excluding carboxylic acids is 1. The Kier molecular flexibility index (Phi) is 4.95. The van der Waals surface area contributed by atoms with E-state index in [-0.39, 0.29) is 5.91 Å². The molecule has 1 N–H and O–H groups in total. The molecule has 1 fully saturated rings. The van der Waals surface area contributed by atoms with Crippen LogP contribution in [0.3, 0.4) is 0 Å². The maximum absolute atomic E-state index is 12.9. The molecule has 0 aromatic carbocycles. The number of carbonyl (C=O) groups is 1. The van der Waals surface area contributed by atoms with Gasteiger partial charge in [-0.2, -0.15) is 5.10 Å². The lowest BCUT2D eigenvalue weighted by molar-refractivity contribution is 0.0314. The number of hydrogen-bond acceptors (Lipinski definition) is 3. The van der Waals surface area contributed by atoms with Crippen molar-refractivity contribution >= 4 is 5.91 Å². The highest BCUT2D eigenvalue weighted by molar-refractivity contribution is 5.95. The van der Waals surface area contributed by atoms with Gasteiger partial charge in [-0.05, 0) is 39.5 Å². The minimum absolute atomic E-state index is 0.0125. The lowest BCUT2D eigenvalue weighted by atomic mass is 10.1. The molecule has 0 aliphatic heterocycles. The first-order valence-electron chi connectivity index (χ1n) is 8.30. The predicted molar refractivity (Wildman–Crippen MR) is 86.9 cm³/mol. The average molecular weight is 307 g/mol. The van der Waals surface area contributed by atoms with Crippen molar-refractivity contribution in [2.75, 3.05) is 13.1 Å². The molecule has 1 aliphatic rings. The van der Waals surface area contributed by atoms with Gasteiger partial charge in [0.25, 0.3) is 5.91 Å². The van der Waals surface area contributed by atoms with Gasteiger partial charge in [0.15, 0.2) is 0 Å². The average Bonchev–Trinajstić information content (AvgIpc) is 3.15. The van der Waals surface area contributed by atoms with Gasteiger partial charge in [0.05, 0.1) is 23.1 Å². The van der Waals surface area contributed by atoms with E-state index >= 15 is 0 Å². The topological polar surface area (TPSA) is 58.4 Å². The number of likely N-dealkylation sites (N-methyl/N-ethyl adjacent to an activating group) is 1. The highest BCUT2D eigenvalue weighted by atomic mass is 16.3. The van der Waals surface area contributed by atoms with E-state index in [0.29, 0.717) is 30.5 Å². The van der Waals surface area contributed by atoms with Crippen LogP contribution >= 0.6 is 0 Å². The minimum atomic E-state index is -0.890. The van der Waals surface area contributed by atoms with Gasteiger partial charge in [0.2, 0.25) is 0 Å². The molecular weight excluding hydrogens is 278 g/mol. The summed E-state index contributed by atoms with van der Waals surface area (Å²) in [6.45, 7) is 11.5. The first-order chi connectivity index (χ1) is 10.2. The van der Waals surface area contributed by atoms with E-state index in [9.17, 15) is 9.90 Å². The molecule has 22 heavy (non-hydrogen) atoms. The van der Waals surface area contributed by atoms with E-state index in [4.69, 9.17) is 0 Å². The maximum Gasteiger partial charge on any atom is 0.257 e. The van der Waals surface area contributed by atoms with Crippen LogP contribution in [-0.2, 0) is 6.54 Å². The van der Waals surface area contributed by atoms with Crippen LogP contribution in [0.25, 0.3) is 0 Å². The summed E-state index contributed by atoms with van der Waals surface area (Å²) in [4.78, 5) is 14.6. The number of hydrogen-bond donors (Lipinski definition) is 1. The number of nitrogens with zero attached hydrogens (tertiary/aromatic N) is 3. The zero-order valence-electron chi connectivity index (χ0n) is 14.5. The minimum Gasteiger partial charge on any atom is -0.389 e. The lowest BCUT2D eigenvalue weighted by Crippen LogP contribution is -2.42. The molecule has 1 aromatic heterocycles. The van der Waals surface area contributed by atoms with Crippen molar-refractivity contribution in [3.8, 4) is 0 Å². The van der Waals surface area contributed by atoms with Crippen LogP contribution in [0.1, 0.15) is 69.4 Å². The molecule has 5 nitrogen and oxygen atoms in total. The standard InChI is InChI=1S/C17H29N3O2/c1-6-19(11-17(4,5)22)16(21)14-9-18-20(10-12(2)3)15(14)13-7-8-13/h9,12-13,22H,6-8,10-11H2,1-5H3. The van der Waals surface area contributed by atoms with Gasteiger partial charge >= 0.3 is 0 Å². The van der Waals surface area contributed by atoms with E-state index in [1.54, 1.807) is 24.9 Å². The summed E-state index contributed by atoms with van der Waals surface area (Å²) in [6, 6.07) is 0. The van der Waals surface area contributed by atoms with Crippen molar-refractivity contribution in [2.24, 2.45) is 5.92 Å². The van der Waals surface area contributed by atoms with E-state index in [1.165, 1.54) is 0 Å². The van der Waals surface area contributed by atoms with E-state index in [1.807, 2.05) is 11.6 Å². The summed E-state index contributed by atoms with van der Waals surface area (Å²) in [5.74, 6) is 0.960. The number of aromatic nitrogens is 2. The second kappa shape index (κ2) is 6.41. The van der Waals surface area contributed by atoms with Crippen LogP contribution in [0.15, 0.2) is 6.20 Å². The first-order valence-corrected chi connectivity index (χ1v) is 8.30. The molecule has 0 radical (unpaired) electrons. The molecule has 1 amide bonds. The van der Waals surface area contributed by atoms with Gasteiger partial charge in [-0.15, -0.1) is 0 Å². The van der Waals surface area contributed by atoms with Gasteiger partial charge in [-0.3, -0.25) is 9.48 Å². The Bertz CT molecular complexity index is 524. The van der Waals surface area contributed by atoms with Crippen LogP contribution in [0.4, 0.5) is 0 Å². The number of amides is 1. The third-order valence-corrected chi connectivity index (χ3v) is 3.86. The third kappa shape index (κ3) is 4.09. The molecule has 124 valence electrons. The van der Waals surface area contributed by atoms with Crippen molar-refractivity contribution < 1.29 is 9.90 Å². The summed E-state index contributed by atoms with van der Waals surface area (Å²) in [7, 11) is 0. The summed E-state index contributed by atoms with van der Waals surface area (Å²) < 4.78 is 2.01. The van der Waals surface area contributed by atoms with E-state index in [0.717, 1.165) is 25.1 Å². The Morgan fingerprint density at radius 3 is 2.59 bits per heavy atom. The van der Waals surface area contributed by atoms with Crippen LogP contribution < -0.4 is 0 Å². The van der Waals surface area contributed by atoms with Gasteiger partial charge in [-0.1, -0.05) is 13.8 Å². The second-order valence-electron chi connectivity index (χ2n) is 7.43. The molecule has 1 aliphatic carbocycles. The number of rotatable bonds is 7. The van der Waals surface area contributed by atoms with Crippen molar-refractivity contribution in [3.05, 3.63) is 17.5 Å². The molecule has 1 saturated carbocycles. The van der Waals surface area contributed by atoms with E-state index in [2.05, 4.69) is 18.9 Å². The van der Waals surface area contributed by atoms with Crippen LogP contribution in [-0.4, -0.2) is 44.4 Å². The van der Waals surface area contributed by atoms with Crippen LogP contribution in [0.5, 0.6) is 0 Å². The van der Waals surface area contributed by atoms with Crippen LogP contribution in [0, 0.1) is 5.92 Å². The summed E-state index contributed by atoms with van der Waals surface area (Å²) in [5.41, 5.74) is 0.918. The molecular formula is C17H29N3O2. The summed E-state index contributed by atoms with van der Waals surface area (Å²) in [5, 5.41) is 14.5. The largest absolute Gasteiger partial charge is 0.389 e. The highest BCUT2D eigenvalue weighted by Crippen LogP contribution is 2.42. The molecule has 1 heterocycles. The maximum atomic E-state index is 12.9. The third-order valence-electron chi connectivity index (χ3n) is 3.86. The lowest BCUT2D eigenvalue weighted by Gasteiger charge is -2.28. The molecule has 2 rings (SSSR count). The second-order valence-corrected chi connectivity index (χ2v) is 7.43. The summed E-state index contributed by atoms with van der Waals surface area (Å²) >= 11 is 0. The predicted octanol–water partition coefficient (Wildman–Crippen LogP) is 2.65. The van der Waals surface area contributed by atoms with E-state index < -0.39 is 5.60 Å². The van der Waals surface area contributed by atoms with Crippen molar-refractivity contribution in [1.29, 1.82) is 0 Å². The van der Waals surface area contributed by atoms with Crippen molar-refractivity contribution in [1.82, 2.24) is 14.7 Å². The molecule has 0 bridgehead atoms. The van der Waals surface area contributed by atoms with Crippen molar-refractivity contribution in [2.45, 2.75) is 65.5 Å². The molecule has 0 spiro atoms. The molecule has 0 saturated heterocycles. The molecule has 1 aromatic rings. The molecule has 0 atom stereocenters. The van der Waals surface area contributed by atoms with Gasteiger partial charge in [0.1, 0.15) is 0 Å². The fraction of sp³-hybridized carbons (Fsp3) is 0.765. The smallest absolute Gasteiger partial charge is 0.257 e.